The van der Waals surface area contributed by atoms with Gasteiger partial charge in [0.15, 0.2) is 0 Å². The molecule has 0 nitrogen and oxygen atoms in total. The fourth-order valence-electron chi connectivity index (χ4n) is 1.02. The summed E-state index contributed by atoms with van der Waals surface area (Å²) in [6, 6.07) is 0. The van der Waals surface area contributed by atoms with Gasteiger partial charge in [-0.15, -0.1) is 11.1 Å². The first-order valence-electron chi connectivity index (χ1n) is 7.08. The molecule has 2 fully saturated rings. The maximum atomic E-state index is 3.41. The second kappa shape index (κ2) is 13.2. The van der Waals surface area contributed by atoms with Gasteiger partial charge in [-0.25, -0.2) is 0 Å². The van der Waals surface area contributed by atoms with Crippen LogP contribution in [0.3, 0.4) is 0 Å². The molecule has 0 bridgehead atoms. The molecule has 0 saturated heterocycles. The summed E-state index contributed by atoms with van der Waals surface area (Å²) >= 11 is 0. The SMILES string of the molecule is C[Si](C)(C)C#C[Si](C)(C)C.[CH]1[CH][CH][CH][CH]1.[CH]1[CH][CH][CH][CH]1.[Ti+2]. The second-order valence-corrected chi connectivity index (χ2v) is 16.2. The summed E-state index contributed by atoms with van der Waals surface area (Å²) in [4.78, 5) is 0. The molecule has 10 radical (unpaired) electrons. The van der Waals surface area contributed by atoms with Crippen molar-refractivity contribution in [3.63, 3.8) is 0 Å². The van der Waals surface area contributed by atoms with E-state index in [0.29, 0.717) is 0 Å². The van der Waals surface area contributed by atoms with E-state index in [2.05, 4.69) is 50.4 Å². The van der Waals surface area contributed by atoms with Crippen LogP contribution in [-0.4, -0.2) is 16.1 Å². The third-order valence-electron chi connectivity index (χ3n) is 1.92. The fraction of sp³-hybridized carbons (Fsp3) is 0.333. The Morgan fingerprint density at radius 1 is 0.429 bits per heavy atom. The minimum Gasteiger partial charge on any atom is -0.139 e. The van der Waals surface area contributed by atoms with Gasteiger partial charge in [0, 0.05) is 0 Å². The Morgan fingerprint density at radius 2 is 0.571 bits per heavy atom. The maximum absolute atomic E-state index is 3.41. The van der Waals surface area contributed by atoms with Crippen molar-refractivity contribution in [2.45, 2.75) is 39.3 Å². The largest absolute Gasteiger partial charge is 2.00 e. The first-order chi connectivity index (χ1) is 9.21. The van der Waals surface area contributed by atoms with Gasteiger partial charge in [-0.1, -0.05) is 39.3 Å². The van der Waals surface area contributed by atoms with E-state index in [-0.39, 0.29) is 21.7 Å². The van der Waals surface area contributed by atoms with Crippen LogP contribution in [0.5, 0.6) is 0 Å². The van der Waals surface area contributed by atoms with Crippen molar-refractivity contribution < 1.29 is 21.7 Å². The van der Waals surface area contributed by atoms with Crippen LogP contribution in [0.15, 0.2) is 0 Å². The molecule has 0 spiro atoms. The fourth-order valence-corrected chi connectivity index (χ4v) is 4.02. The molecule has 0 aromatic rings. The molecule has 0 N–H and O–H groups in total. The van der Waals surface area contributed by atoms with Crippen LogP contribution in [-0.2, 0) is 21.7 Å². The van der Waals surface area contributed by atoms with Crippen molar-refractivity contribution in [3.05, 3.63) is 64.2 Å². The Labute approximate surface area is 152 Å². The summed E-state index contributed by atoms with van der Waals surface area (Å²) in [7, 11) is -2.19. The Hall–Kier alpha value is 0.708. The van der Waals surface area contributed by atoms with Crippen molar-refractivity contribution in [1.29, 1.82) is 0 Å². The normalized spacial score (nSPS) is 17.2. The zero-order valence-corrected chi connectivity index (χ0v) is 17.8. The van der Waals surface area contributed by atoms with Crippen molar-refractivity contribution in [1.82, 2.24) is 0 Å². The molecule has 2 saturated carbocycles. The van der Waals surface area contributed by atoms with Crippen LogP contribution >= 0.6 is 0 Å². The van der Waals surface area contributed by atoms with Gasteiger partial charge >= 0.3 is 21.7 Å². The average Bonchev–Trinajstić information content (AvgIpc) is 3.03. The molecule has 0 heterocycles. The van der Waals surface area contributed by atoms with Crippen LogP contribution in [0, 0.1) is 75.3 Å². The van der Waals surface area contributed by atoms with Gasteiger partial charge in [-0.05, 0) is 64.2 Å². The third-order valence-corrected chi connectivity index (χ3v) is 3.92. The van der Waals surface area contributed by atoms with E-state index < -0.39 is 16.1 Å². The average molecular weight is 348 g/mol. The van der Waals surface area contributed by atoms with Gasteiger partial charge in [-0.3, -0.25) is 0 Å². The molecule has 0 amide bonds. The Morgan fingerprint density at radius 3 is 0.667 bits per heavy atom. The summed E-state index contributed by atoms with van der Waals surface area (Å²) in [5, 5.41) is 0. The van der Waals surface area contributed by atoms with E-state index in [1.54, 1.807) is 0 Å². The van der Waals surface area contributed by atoms with Crippen molar-refractivity contribution in [2.75, 3.05) is 0 Å². The summed E-state index contributed by atoms with van der Waals surface area (Å²) in [5.74, 6) is 0. The van der Waals surface area contributed by atoms with Gasteiger partial charge in [-0.2, -0.15) is 0 Å². The summed E-state index contributed by atoms with van der Waals surface area (Å²) < 4.78 is 0. The maximum Gasteiger partial charge on any atom is 2.00 e. The molecule has 0 atom stereocenters. The Bertz CT molecular complexity index is 238. The molecule has 0 aromatic heterocycles. The molecule has 21 heavy (non-hydrogen) atoms. The van der Waals surface area contributed by atoms with E-state index >= 15 is 0 Å². The second-order valence-electron chi connectivity index (χ2n) is 6.67. The Kier molecular flexibility index (Phi) is 15.0. The van der Waals surface area contributed by atoms with Crippen LogP contribution in [0.2, 0.25) is 39.3 Å². The smallest absolute Gasteiger partial charge is 0.139 e. The van der Waals surface area contributed by atoms with Crippen LogP contribution in [0.1, 0.15) is 0 Å². The molecule has 3 heteroatoms. The van der Waals surface area contributed by atoms with Crippen molar-refractivity contribution in [2.24, 2.45) is 0 Å². The third kappa shape index (κ3) is 23.1. The zero-order chi connectivity index (χ0) is 15.5. The monoisotopic (exact) mass is 348 g/mol. The molecule has 0 aromatic carbocycles. The molecule has 0 aliphatic heterocycles. The predicted octanol–water partition coefficient (Wildman–Crippen LogP) is 4.79. The van der Waals surface area contributed by atoms with Gasteiger partial charge in [0.1, 0.15) is 16.1 Å². The van der Waals surface area contributed by atoms with E-state index in [0.717, 1.165) is 0 Å². The predicted molar refractivity (Wildman–Crippen MR) is 97.5 cm³/mol. The van der Waals surface area contributed by atoms with Gasteiger partial charge in [0.05, 0.1) is 0 Å². The van der Waals surface area contributed by atoms with Gasteiger partial charge in [0.2, 0.25) is 0 Å². The number of hydrogen-bond acceptors (Lipinski definition) is 0. The van der Waals surface area contributed by atoms with Gasteiger partial charge < -0.3 is 0 Å². The molecular weight excluding hydrogens is 320 g/mol. The number of rotatable bonds is 0. The first-order valence-corrected chi connectivity index (χ1v) is 14.1. The quantitative estimate of drug-likeness (QED) is 0.436. The standard InChI is InChI=1S/C8H18Si2.2C5H5.Ti/c1-9(2,3)7-8-10(4,5)6;2*1-2-4-5-3-1;/h1-6H3;2*1-5H;/q;;;+2. The Balaban J connectivity index is 0. The molecule has 2 aliphatic carbocycles. The topological polar surface area (TPSA) is 0 Å². The minimum absolute atomic E-state index is 0. The summed E-state index contributed by atoms with van der Waals surface area (Å²) in [5.41, 5.74) is 6.82. The first kappa shape index (κ1) is 24.0. The van der Waals surface area contributed by atoms with Crippen LogP contribution < -0.4 is 0 Å². The molecule has 2 rings (SSSR count). The molecule has 110 valence electrons. The van der Waals surface area contributed by atoms with Crippen molar-refractivity contribution >= 4 is 16.1 Å². The van der Waals surface area contributed by atoms with E-state index in [1.165, 1.54) is 0 Å². The van der Waals surface area contributed by atoms with Crippen LogP contribution in [0.4, 0.5) is 0 Å². The van der Waals surface area contributed by atoms with Crippen LogP contribution in [0.25, 0.3) is 0 Å². The van der Waals surface area contributed by atoms with E-state index in [9.17, 15) is 0 Å². The molecule has 2 aliphatic rings. The summed E-state index contributed by atoms with van der Waals surface area (Å²) in [6.07, 6.45) is 20.0. The van der Waals surface area contributed by atoms with E-state index in [1.807, 2.05) is 64.2 Å². The van der Waals surface area contributed by atoms with Crippen molar-refractivity contribution in [3.8, 4) is 11.1 Å². The number of hydrogen-bond donors (Lipinski definition) is 0. The van der Waals surface area contributed by atoms with Gasteiger partial charge in [0.25, 0.3) is 0 Å². The van der Waals surface area contributed by atoms with E-state index in [4.69, 9.17) is 0 Å². The molecular formula is C18H28Si2Ti+2. The minimum atomic E-state index is -1.09. The zero-order valence-electron chi connectivity index (χ0n) is 14.3. The summed E-state index contributed by atoms with van der Waals surface area (Å²) in [6.45, 7) is 13.8. The molecule has 0 unspecified atom stereocenters.